The molecule has 8 heteroatoms. The third-order valence-electron chi connectivity index (χ3n) is 6.83. The predicted octanol–water partition coefficient (Wildman–Crippen LogP) is 5.29. The van der Waals surface area contributed by atoms with Crippen molar-refractivity contribution in [1.82, 2.24) is 8.87 Å². The molecule has 0 saturated carbocycles. The van der Waals surface area contributed by atoms with E-state index in [-0.39, 0.29) is 11.1 Å². The number of likely N-dealkylation sites (tertiary alicyclic amines) is 1. The summed E-state index contributed by atoms with van der Waals surface area (Å²) in [5, 5.41) is 1.72. The van der Waals surface area contributed by atoms with E-state index in [1.807, 2.05) is 70.2 Å². The minimum Gasteiger partial charge on any atom is -0.444 e. The number of amides is 1. The van der Waals surface area contributed by atoms with Gasteiger partial charge in [0, 0.05) is 12.7 Å². The first-order chi connectivity index (χ1) is 16.7. The molecular formula is C28H40N2O4SSi. The van der Waals surface area contributed by atoms with Crippen molar-refractivity contribution in [3.8, 4) is 0 Å². The van der Waals surface area contributed by atoms with Crippen molar-refractivity contribution in [1.29, 1.82) is 0 Å². The van der Waals surface area contributed by atoms with Crippen LogP contribution in [0.5, 0.6) is 0 Å². The number of rotatable bonds is 6. The quantitative estimate of drug-likeness (QED) is 0.409. The summed E-state index contributed by atoms with van der Waals surface area (Å²) in [6, 6.07) is 20.1. The monoisotopic (exact) mass is 528 g/mol. The molecule has 0 bridgehead atoms. The lowest BCUT2D eigenvalue weighted by Gasteiger charge is -2.48. The number of ether oxygens (including phenoxy) is 1. The second-order valence-electron chi connectivity index (χ2n) is 11.7. The van der Waals surface area contributed by atoms with Crippen LogP contribution in [-0.4, -0.2) is 49.6 Å². The zero-order valence-electron chi connectivity index (χ0n) is 22.5. The van der Waals surface area contributed by atoms with E-state index < -0.39 is 30.6 Å². The molecular weight excluding hydrogens is 488 g/mol. The second-order valence-corrected chi connectivity index (χ2v) is 17.4. The number of benzene rings is 2. The summed E-state index contributed by atoms with van der Waals surface area (Å²) in [6.07, 6.45) is 4.89. The SMILES string of the molecule is CC(C)(C)OC(=O)N1CCC[C@@]1(C)/C=C/N(S(=O)O)[Si](c1ccccc1)(c1ccccc1)C(C)(C)C. The molecule has 0 aliphatic carbocycles. The van der Waals surface area contributed by atoms with E-state index in [1.54, 1.807) is 15.1 Å². The maximum atomic E-state index is 13.2. The third kappa shape index (κ3) is 5.60. The molecule has 2 atom stereocenters. The average Bonchev–Trinajstić information content (AvgIpc) is 3.17. The van der Waals surface area contributed by atoms with Gasteiger partial charge in [0.25, 0.3) is 11.3 Å². The standard InChI is InChI=1S/C28H40N2O4SSi/c1-26(2,3)34-25(31)29-21-14-19-28(29,7)20-22-30(35(32)33)36(27(4,5)6,23-15-10-8-11-16-23)24-17-12-9-13-18-24/h8-13,15-18,20,22H,14,19,21H2,1-7H3,(H,32,33)/b22-20+/t28-/m0/s1. The topological polar surface area (TPSA) is 70.1 Å². The molecule has 1 aliphatic rings. The molecule has 6 nitrogen and oxygen atoms in total. The van der Waals surface area contributed by atoms with Crippen LogP contribution in [0.1, 0.15) is 61.3 Å². The molecule has 2 aromatic rings. The summed E-state index contributed by atoms with van der Waals surface area (Å²) >= 11 is -2.30. The molecule has 0 spiro atoms. The highest BCUT2D eigenvalue weighted by atomic mass is 32.2. The molecule has 1 aliphatic heterocycles. The van der Waals surface area contributed by atoms with Crippen LogP contribution < -0.4 is 10.4 Å². The van der Waals surface area contributed by atoms with E-state index in [1.165, 1.54) is 0 Å². The highest BCUT2D eigenvalue weighted by molar-refractivity contribution is 7.79. The Morgan fingerprint density at radius 2 is 1.53 bits per heavy atom. The number of carbonyl (C=O) groups excluding carboxylic acids is 1. The average molecular weight is 529 g/mol. The number of nitrogens with zero attached hydrogens (tertiary/aromatic N) is 2. The van der Waals surface area contributed by atoms with Gasteiger partial charge in [-0.15, -0.1) is 0 Å². The lowest BCUT2D eigenvalue weighted by atomic mass is 9.99. The zero-order chi connectivity index (χ0) is 26.8. The maximum Gasteiger partial charge on any atom is 0.410 e. The minimum atomic E-state index is -3.07. The van der Waals surface area contributed by atoms with Gasteiger partial charge in [0.2, 0.25) is 8.24 Å². The van der Waals surface area contributed by atoms with Gasteiger partial charge in [0.05, 0.1) is 5.54 Å². The lowest BCUT2D eigenvalue weighted by Crippen LogP contribution is -2.73. The van der Waals surface area contributed by atoms with Crippen LogP contribution in [0, 0.1) is 0 Å². The molecule has 1 amide bonds. The van der Waals surface area contributed by atoms with Crippen LogP contribution >= 0.6 is 0 Å². The fraction of sp³-hybridized carbons (Fsp3) is 0.464. The van der Waals surface area contributed by atoms with E-state index >= 15 is 0 Å². The number of hydrogen-bond acceptors (Lipinski definition) is 3. The van der Waals surface area contributed by atoms with Crippen LogP contribution in [0.15, 0.2) is 72.9 Å². The highest BCUT2D eigenvalue weighted by Gasteiger charge is 2.54. The van der Waals surface area contributed by atoms with Crippen molar-refractivity contribution >= 4 is 36.0 Å². The number of hydrogen-bond donors (Lipinski definition) is 1. The molecule has 1 unspecified atom stereocenters. The van der Waals surface area contributed by atoms with Gasteiger partial charge in [-0.2, -0.15) is 0 Å². The maximum absolute atomic E-state index is 13.2. The zero-order valence-corrected chi connectivity index (χ0v) is 24.3. The third-order valence-corrected chi connectivity index (χ3v) is 13.9. The van der Waals surface area contributed by atoms with Crippen molar-refractivity contribution in [3.05, 3.63) is 72.9 Å². The summed E-state index contributed by atoms with van der Waals surface area (Å²) in [6.45, 7) is 14.5. The molecule has 1 fully saturated rings. The Morgan fingerprint density at radius 3 is 1.94 bits per heavy atom. The van der Waals surface area contributed by atoms with Crippen molar-refractivity contribution < 1.29 is 18.3 Å². The lowest BCUT2D eigenvalue weighted by molar-refractivity contribution is 0.0168. The van der Waals surface area contributed by atoms with Gasteiger partial charge in [-0.3, -0.25) is 13.4 Å². The van der Waals surface area contributed by atoms with Crippen molar-refractivity contribution in [2.75, 3.05) is 6.54 Å². The fourth-order valence-corrected chi connectivity index (χ4v) is 12.7. The number of carbonyl (C=O) groups is 1. The van der Waals surface area contributed by atoms with Gasteiger partial charge < -0.3 is 4.74 Å². The van der Waals surface area contributed by atoms with E-state index in [9.17, 15) is 13.6 Å². The summed E-state index contributed by atoms with van der Waals surface area (Å²) < 4.78 is 31.3. The first-order valence-electron chi connectivity index (χ1n) is 12.4. The molecule has 1 heterocycles. The van der Waals surface area contributed by atoms with Gasteiger partial charge in [0.15, 0.2) is 0 Å². The van der Waals surface area contributed by atoms with Crippen LogP contribution in [0.3, 0.4) is 0 Å². The first-order valence-corrected chi connectivity index (χ1v) is 15.4. The highest BCUT2D eigenvalue weighted by Crippen LogP contribution is 2.40. The van der Waals surface area contributed by atoms with Crippen LogP contribution in [0.2, 0.25) is 5.04 Å². The summed E-state index contributed by atoms with van der Waals surface area (Å²) in [5.74, 6) is 0. The Morgan fingerprint density at radius 1 is 1.03 bits per heavy atom. The molecule has 3 rings (SSSR count). The summed E-state index contributed by atoms with van der Waals surface area (Å²) in [7, 11) is -3.07. The summed E-state index contributed by atoms with van der Waals surface area (Å²) in [4.78, 5) is 14.7. The second kappa shape index (κ2) is 10.5. The summed E-state index contributed by atoms with van der Waals surface area (Å²) in [5.41, 5.74) is -1.23. The van der Waals surface area contributed by atoms with Crippen molar-refractivity contribution in [3.63, 3.8) is 0 Å². The Hall–Kier alpha value is -2.42. The van der Waals surface area contributed by atoms with Gasteiger partial charge >= 0.3 is 6.09 Å². The molecule has 2 aromatic carbocycles. The smallest absolute Gasteiger partial charge is 0.410 e. The van der Waals surface area contributed by atoms with Gasteiger partial charge in [-0.25, -0.2) is 9.00 Å². The molecule has 0 radical (unpaired) electrons. The minimum absolute atomic E-state index is 0.361. The fourth-order valence-electron chi connectivity index (χ4n) is 5.26. The molecule has 196 valence electrons. The predicted molar refractivity (Wildman–Crippen MR) is 150 cm³/mol. The van der Waals surface area contributed by atoms with E-state index in [2.05, 4.69) is 45.0 Å². The van der Waals surface area contributed by atoms with E-state index in [4.69, 9.17) is 4.74 Å². The Bertz CT molecular complexity index is 1060. The Kier molecular flexibility index (Phi) is 8.22. The van der Waals surface area contributed by atoms with Crippen molar-refractivity contribution in [2.24, 2.45) is 0 Å². The Labute approximate surface area is 219 Å². The molecule has 0 aromatic heterocycles. The van der Waals surface area contributed by atoms with E-state index in [0.29, 0.717) is 6.54 Å². The normalized spacial score (nSPS) is 19.9. The van der Waals surface area contributed by atoms with Crippen LogP contribution in [-0.2, 0) is 16.0 Å². The molecule has 1 N–H and O–H groups in total. The van der Waals surface area contributed by atoms with Gasteiger partial charge in [-0.05, 0) is 62.0 Å². The Balaban J connectivity index is 2.17. The van der Waals surface area contributed by atoms with Crippen LogP contribution in [0.25, 0.3) is 0 Å². The van der Waals surface area contributed by atoms with E-state index in [0.717, 1.165) is 23.2 Å². The van der Waals surface area contributed by atoms with Crippen LogP contribution in [0.4, 0.5) is 4.79 Å². The largest absolute Gasteiger partial charge is 0.444 e. The van der Waals surface area contributed by atoms with Gasteiger partial charge in [-0.1, -0.05) is 81.4 Å². The molecule has 36 heavy (non-hydrogen) atoms. The van der Waals surface area contributed by atoms with Gasteiger partial charge in [0.1, 0.15) is 5.60 Å². The molecule has 1 saturated heterocycles. The first kappa shape index (κ1) is 28.2. The van der Waals surface area contributed by atoms with Crippen molar-refractivity contribution in [2.45, 2.75) is 77.5 Å².